The maximum absolute atomic E-state index is 13.4. The van der Waals surface area contributed by atoms with E-state index in [1.54, 1.807) is 19.4 Å². The van der Waals surface area contributed by atoms with Crippen LogP contribution in [0.1, 0.15) is 23.2 Å². The number of carbonyl (C=O) groups excluding carboxylic acids is 1. The number of nitrogens with zero attached hydrogens (tertiary/aromatic N) is 5. The van der Waals surface area contributed by atoms with Gasteiger partial charge < -0.3 is 24.5 Å². The minimum absolute atomic E-state index is 0.0363. The fourth-order valence-corrected chi connectivity index (χ4v) is 5.85. The Morgan fingerprint density at radius 3 is 2.85 bits per heavy atom. The molecular weight excluding hydrogens is 435 g/mol. The molecule has 9 heteroatoms. The lowest BCUT2D eigenvalue weighted by Gasteiger charge is -2.27. The van der Waals surface area contributed by atoms with E-state index in [1.165, 1.54) is 0 Å². The lowest BCUT2D eigenvalue weighted by atomic mass is 10.1. The molecule has 1 aliphatic carbocycles. The molecule has 1 saturated carbocycles. The third-order valence-corrected chi connectivity index (χ3v) is 7.51. The molecule has 1 aromatic carbocycles. The molecule has 0 radical (unpaired) electrons. The molecule has 1 aliphatic heterocycles. The van der Waals surface area contributed by atoms with Crippen LogP contribution in [0, 0.1) is 5.92 Å². The van der Waals surface area contributed by atoms with Crippen LogP contribution in [0.4, 0.5) is 4.39 Å². The number of halogens is 1. The van der Waals surface area contributed by atoms with Gasteiger partial charge in [0.05, 0.1) is 24.9 Å². The first-order valence-corrected chi connectivity index (χ1v) is 11.6. The molecular formula is C25H27FN6O2. The van der Waals surface area contributed by atoms with Gasteiger partial charge in [-0.15, -0.1) is 0 Å². The van der Waals surface area contributed by atoms with Crippen LogP contribution in [0.5, 0.6) is 5.75 Å². The van der Waals surface area contributed by atoms with Gasteiger partial charge in [-0.05, 0) is 49.1 Å². The van der Waals surface area contributed by atoms with Crippen molar-refractivity contribution in [3.63, 3.8) is 0 Å². The van der Waals surface area contributed by atoms with Crippen molar-refractivity contribution in [3.05, 3.63) is 42.1 Å². The number of likely N-dealkylation sites (tertiary alicyclic amines) is 1. The van der Waals surface area contributed by atoms with Crippen LogP contribution in [-0.4, -0.2) is 62.3 Å². The highest BCUT2D eigenvalue weighted by molar-refractivity contribution is 6.00. The van der Waals surface area contributed by atoms with Crippen molar-refractivity contribution < 1.29 is 13.9 Å². The van der Waals surface area contributed by atoms with Gasteiger partial charge in [0, 0.05) is 42.8 Å². The average molecular weight is 463 g/mol. The van der Waals surface area contributed by atoms with Gasteiger partial charge >= 0.3 is 0 Å². The number of carbonyl (C=O) groups is 1. The minimum atomic E-state index is -0.514. The van der Waals surface area contributed by atoms with Crippen molar-refractivity contribution in [2.24, 2.45) is 18.7 Å². The van der Waals surface area contributed by atoms with Crippen molar-refractivity contribution in [1.29, 1.82) is 0 Å². The van der Waals surface area contributed by atoms with E-state index >= 15 is 0 Å². The number of nitrogens with two attached hydrogens (primary N) is 1. The number of aromatic nitrogens is 4. The van der Waals surface area contributed by atoms with E-state index in [-0.39, 0.29) is 24.5 Å². The zero-order chi connectivity index (χ0) is 23.6. The standard InChI is InChI=1S/C25H27FN6O2/c1-30-22-17(29-24(30)19-11-14-4-3-8-28-23(14)31(19)9-7-26)10-16(12-20(22)34-2)25(33)32-13-15-5-6-18(32)21(15)27/h3-4,8,10-12,15,18,21H,5-7,9,13,27H2,1-2H3/t15-,18-,21-/m0/s1. The Morgan fingerprint density at radius 2 is 2.15 bits per heavy atom. The molecule has 2 fully saturated rings. The molecule has 2 N–H and O–H groups in total. The Kier molecular flexibility index (Phi) is 4.84. The Labute approximate surface area is 196 Å². The van der Waals surface area contributed by atoms with Crippen molar-refractivity contribution in [1.82, 2.24) is 24.0 Å². The van der Waals surface area contributed by atoms with Crippen LogP contribution in [0.25, 0.3) is 33.6 Å². The number of hydrogen-bond acceptors (Lipinski definition) is 5. The third-order valence-electron chi connectivity index (χ3n) is 7.51. The van der Waals surface area contributed by atoms with Crippen LogP contribution in [0.3, 0.4) is 0 Å². The molecule has 176 valence electrons. The van der Waals surface area contributed by atoms with Gasteiger partial charge in [-0.25, -0.2) is 14.4 Å². The molecule has 6 rings (SSSR count). The summed E-state index contributed by atoms with van der Waals surface area (Å²) in [7, 11) is 3.49. The maximum atomic E-state index is 13.4. The Balaban J connectivity index is 1.48. The number of rotatable bonds is 5. The summed E-state index contributed by atoms with van der Waals surface area (Å²) in [4.78, 5) is 24.7. The number of aryl methyl sites for hydroxylation is 2. The molecule has 3 aromatic heterocycles. The second-order valence-corrected chi connectivity index (χ2v) is 9.27. The molecule has 1 amide bonds. The predicted octanol–water partition coefficient (Wildman–Crippen LogP) is 3.13. The first kappa shape index (κ1) is 21.1. The average Bonchev–Trinajstić information content (AvgIpc) is 3.59. The fourth-order valence-electron chi connectivity index (χ4n) is 5.85. The van der Waals surface area contributed by atoms with E-state index in [1.807, 2.05) is 45.3 Å². The van der Waals surface area contributed by atoms with E-state index in [9.17, 15) is 9.18 Å². The molecule has 8 nitrogen and oxygen atoms in total. The van der Waals surface area contributed by atoms with Gasteiger partial charge in [-0.2, -0.15) is 0 Å². The molecule has 3 atom stereocenters. The first-order valence-electron chi connectivity index (χ1n) is 11.6. The molecule has 0 spiro atoms. The largest absolute Gasteiger partial charge is 0.494 e. The molecule has 2 bridgehead atoms. The topological polar surface area (TPSA) is 91.2 Å². The molecule has 0 unspecified atom stereocenters. The van der Waals surface area contributed by atoms with Gasteiger partial charge in [0.2, 0.25) is 0 Å². The summed E-state index contributed by atoms with van der Waals surface area (Å²) in [6.07, 6.45) is 3.74. The van der Waals surface area contributed by atoms with Gasteiger partial charge in [-0.3, -0.25) is 4.79 Å². The summed E-state index contributed by atoms with van der Waals surface area (Å²) in [6, 6.07) is 9.55. The van der Waals surface area contributed by atoms with Crippen LogP contribution in [0.15, 0.2) is 36.5 Å². The number of amides is 1. The lowest BCUT2D eigenvalue weighted by Crippen LogP contribution is -2.41. The first-order chi connectivity index (χ1) is 16.5. The minimum Gasteiger partial charge on any atom is -0.494 e. The van der Waals surface area contributed by atoms with Crippen LogP contribution in [0.2, 0.25) is 0 Å². The van der Waals surface area contributed by atoms with E-state index in [4.69, 9.17) is 15.5 Å². The zero-order valence-corrected chi connectivity index (χ0v) is 19.2. The highest BCUT2D eigenvalue weighted by Crippen LogP contribution is 2.39. The van der Waals surface area contributed by atoms with Gasteiger partial charge in [-0.1, -0.05) is 0 Å². The van der Waals surface area contributed by atoms with Gasteiger partial charge in [0.15, 0.2) is 5.82 Å². The molecule has 4 aromatic rings. The summed E-state index contributed by atoms with van der Waals surface area (Å²) in [5.41, 5.74) is 9.78. The number of imidazole rings is 1. The Hall–Kier alpha value is -3.46. The van der Waals surface area contributed by atoms with Crippen molar-refractivity contribution in [2.75, 3.05) is 20.3 Å². The summed E-state index contributed by atoms with van der Waals surface area (Å²) < 4.78 is 22.9. The fraction of sp³-hybridized carbons (Fsp3) is 0.400. The van der Waals surface area contributed by atoms with Gasteiger partial charge in [0.1, 0.15) is 23.6 Å². The molecule has 4 heterocycles. The molecule has 34 heavy (non-hydrogen) atoms. The number of hydrogen-bond donors (Lipinski definition) is 1. The van der Waals surface area contributed by atoms with Crippen molar-refractivity contribution >= 4 is 28.0 Å². The summed E-state index contributed by atoms with van der Waals surface area (Å²) in [5.74, 6) is 1.58. The third kappa shape index (κ3) is 2.96. The quantitative estimate of drug-likeness (QED) is 0.492. The lowest BCUT2D eigenvalue weighted by molar-refractivity contribution is 0.0700. The molecule has 1 saturated heterocycles. The normalized spacial score (nSPS) is 21.8. The van der Waals surface area contributed by atoms with E-state index < -0.39 is 6.67 Å². The number of pyridine rings is 1. The number of benzene rings is 1. The highest BCUT2D eigenvalue weighted by Gasteiger charge is 2.47. The van der Waals surface area contributed by atoms with Crippen LogP contribution >= 0.6 is 0 Å². The van der Waals surface area contributed by atoms with Gasteiger partial charge in [0.25, 0.3) is 5.91 Å². The zero-order valence-electron chi connectivity index (χ0n) is 19.2. The number of ether oxygens (including phenoxy) is 1. The smallest absolute Gasteiger partial charge is 0.254 e. The number of fused-ring (bicyclic) bond motifs is 4. The molecule has 2 aliphatic rings. The maximum Gasteiger partial charge on any atom is 0.254 e. The number of methoxy groups -OCH3 is 1. The van der Waals surface area contributed by atoms with E-state index in [0.29, 0.717) is 40.8 Å². The highest BCUT2D eigenvalue weighted by atomic mass is 19.1. The van der Waals surface area contributed by atoms with E-state index in [0.717, 1.165) is 29.4 Å². The van der Waals surface area contributed by atoms with Crippen molar-refractivity contribution in [3.8, 4) is 17.3 Å². The Morgan fingerprint density at radius 1 is 1.29 bits per heavy atom. The number of alkyl halides is 1. The summed E-state index contributed by atoms with van der Waals surface area (Å²) in [6.45, 7) is 0.367. The van der Waals surface area contributed by atoms with Crippen molar-refractivity contribution in [2.45, 2.75) is 31.5 Å². The Bertz CT molecular complexity index is 1430. The van der Waals surface area contributed by atoms with E-state index in [2.05, 4.69) is 4.98 Å². The SMILES string of the molecule is COc1cc(C(=O)N2C[C@@H]3CC[C@H]2[C@H]3N)cc2nc(-c3cc4cccnc4n3CCF)n(C)c12. The summed E-state index contributed by atoms with van der Waals surface area (Å²) in [5, 5.41) is 0.918. The summed E-state index contributed by atoms with van der Waals surface area (Å²) >= 11 is 0. The second kappa shape index (κ2) is 7.80. The predicted molar refractivity (Wildman–Crippen MR) is 127 cm³/mol. The van der Waals surface area contributed by atoms with Crippen LogP contribution in [-0.2, 0) is 13.6 Å². The second-order valence-electron chi connectivity index (χ2n) is 9.27. The number of piperidine rings is 1. The van der Waals surface area contributed by atoms with Crippen LogP contribution < -0.4 is 10.5 Å². The monoisotopic (exact) mass is 462 g/mol.